The topological polar surface area (TPSA) is 70.5 Å². The minimum Gasteiger partial charge on any atom is -0.494 e. The first-order chi connectivity index (χ1) is 17.6. The SMILES string of the molecule is CCCCCCCCOc1ccc(-c2cnc(C(=O)Oc3ccccc3OC[C@@H](C)CC)cn2)cc1. The van der Waals surface area contributed by atoms with Crippen molar-refractivity contribution < 1.29 is 19.0 Å². The minimum absolute atomic E-state index is 0.134. The van der Waals surface area contributed by atoms with Gasteiger partial charge in [0.25, 0.3) is 0 Å². The number of hydrogen-bond donors (Lipinski definition) is 0. The second-order valence-electron chi connectivity index (χ2n) is 9.09. The van der Waals surface area contributed by atoms with Gasteiger partial charge in [-0.3, -0.25) is 4.98 Å². The summed E-state index contributed by atoms with van der Waals surface area (Å²) in [5.41, 5.74) is 1.71. The highest BCUT2D eigenvalue weighted by Gasteiger charge is 2.15. The molecule has 3 rings (SSSR count). The average Bonchev–Trinajstić information content (AvgIpc) is 2.92. The van der Waals surface area contributed by atoms with Crippen LogP contribution in [0.2, 0.25) is 0 Å². The fourth-order valence-electron chi connectivity index (χ4n) is 3.53. The molecule has 0 radical (unpaired) electrons. The lowest BCUT2D eigenvalue weighted by atomic mass is 10.1. The second kappa shape index (κ2) is 14.9. The molecule has 6 heteroatoms. The van der Waals surface area contributed by atoms with Crippen LogP contribution in [0.25, 0.3) is 11.3 Å². The van der Waals surface area contributed by atoms with E-state index in [1.165, 1.54) is 38.3 Å². The molecule has 1 aromatic heterocycles. The van der Waals surface area contributed by atoms with Crippen molar-refractivity contribution in [2.24, 2.45) is 5.92 Å². The lowest BCUT2D eigenvalue weighted by Gasteiger charge is -2.14. The predicted octanol–water partition coefficient (Wildman–Crippen LogP) is 7.53. The fraction of sp³-hybridized carbons (Fsp3) is 0.433. The second-order valence-corrected chi connectivity index (χ2v) is 9.09. The third-order valence-electron chi connectivity index (χ3n) is 6.05. The first kappa shape index (κ1) is 27.2. The predicted molar refractivity (Wildman–Crippen MR) is 143 cm³/mol. The Balaban J connectivity index is 1.52. The molecule has 0 aliphatic heterocycles. The molecular formula is C30H38N2O4. The number of benzene rings is 2. The van der Waals surface area contributed by atoms with Gasteiger partial charge in [0.2, 0.25) is 0 Å². The molecule has 1 atom stereocenters. The van der Waals surface area contributed by atoms with Crippen molar-refractivity contribution in [2.75, 3.05) is 13.2 Å². The van der Waals surface area contributed by atoms with Crippen LogP contribution in [0.1, 0.15) is 76.2 Å². The van der Waals surface area contributed by atoms with Crippen molar-refractivity contribution >= 4 is 5.97 Å². The van der Waals surface area contributed by atoms with Gasteiger partial charge in [-0.2, -0.15) is 0 Å². The maximum absolute atomic E-state index is 12.7. The number of aromatic nitrogens is 2. The Morgan fingerprint density at radius 3 is 2.25 bits per heavy atom. The summed E-state index contributed by atoms with van der Waals surface area (Å²) < 4.78 is 17.2. The molecule has 6 nitrogen and oxygen atoms in total. The summed E-state index contributed by atoms with van der Waals surface area (Å²) in [6, 6.07) is 14.9. The van der Waals surface area contributed by atoms with E-state index in [-0.39, 0.29) is 5.69 Å². The van der Waals surface area contributed by atoms with E-state index in [4.69, 9.17) is 14.2 Å². The molecule has 0 aliphatic carbocycles. The number of esters is 1. The van der Waals surface area contributed by atoms with E-state index in [0.717, 1.165) is 30.8 Å². The van der Waals surface area contributed by atoms with Crippen LogP contribution in [0.3, 0.4) is 0 Å². The number of hydrogen-bond acceptors (Lipinski definition) is 6. The monoisotopic (exact) mass is 490 g/mol. The summed E-state index contributed by atoms with van der Waals surface area (Å²) in [4.78, 5) is 21.3. The normalized spacial score (nSPS) is 11.6. The summed E-state index contributed by atoms with van der Waals surface area (Å²) >= 11 is 0. The van der Waals surface area contributed by atoms with Gasteiger partial charge >= 0.3 is 5.97 Å². The molecule has 0 saturated carbocycles. The number of nitrogens with zero attached hydrogens (tertiary/aromatic N) is 2. The van der Waals surface area contributed by atoms with Crippen molar-refractivity contribution in [3.8, 4) is 28.5 Å². The van der Waals surface area contributed by atoms with E-state index in [2.05, 4.69) is 30.7 Å². The van der Waals surface area contributed by atoms with Gasteiger partial charge in [-0.1, -0.05) is 71.4 Å². The Bertz CT molecular complexity index is 1050. The van der Waals surface area contributed by atoms with Crippen molar-refractivity contribution in [2.45, 2.75) is 65.7 Å². The van der Waals surface area contributed by atoms with Crippen molar-refractivity contribution in [1.82, 2.24) is 9.97 Å². The Kier molecular flexibility index (Phi) is 11.2. The van der Waals surface area contributed by atoms with E-state index < -0.39 is 5.97 Å². The molecule has 0 saturated heterocycles. The van der Waals surface area contributed by atoms with Crippen LogP contribution in [0.15, 0.2) is 60.9 Å². The first-order valence-electron chi connectivity index (χ1n) is 13.1. The zero-order valence-electron chi connectivity index (χ0n) is 21.7. The fourth-order valence-corrected chi connectivity index (χ4v) is 3.53. The summed E-state index contributed by atoms with van der Waals surface area (Å²) in [6.45, 7) is 7.74. The van der Waals surface area contributed by atoms with Crippen molar-refractivity contribution in [3.05, 3.63) is 66.6 Å². The molecule has 0 spiro atoms. The summed E-state index contributed by atoms with van der Waals surface area (Å²) in [6.07, 6.45) is 11.5. The maximum Gasteiger partial charge on any atom is 0.364 e. The van der Waals surface area contributed by atoms with Crippen LogP contribution in [-0.2, 0) is 0 Å². The van der Waals surface area contributed by atoms with Gasteiger partial charge in [0.15, 0.2) is 17.2 Å². The van der Waals surface area contributed by atoms with E-state index >= 15 is 0 Å². The first-order valence-corrected chi connectivity index (χ1v) is 13.1. The highest BCUT2D eigenvalue weighted by molar-refractivity contribution is 5.89. The standard InChI is InChI=1S/C30H38N2O4/c1-4-6-7-8-9-12-19-34-25-17-15-24(16-18-25)26-20-32-27(21-31-26)30(33)36-29-14-11-10-13-28(29)35-22-23(3)5-2/h10-11,13-18,20-21,23H,4-9,12,19,22H2,1-3H3/t23-/m0/s1. The zero-order valence-corrected chi connectivity index (χ0v) is 21.7. The molecule has 0 unspecified atom stereocenters. The van der Waals surface area contributed by atoms with E-state index in [0.29, 0.717) is 29.7 Å². The number of para-hydroxylation sites is 2. The molecule has 0 aliphatic rings. The lowest BCUT2D eigenvalue weighted by molar-refractivity contribution is 0.0720. The third kappa shape index (κ3) is 8.67. The van der Waals surface area contributed by atoms with Crippen LogP contribution < -0.4 is 14.2 Å². The molecular weight excluding hydrogens is 452 g/mol. The van der Waals surface area contributed by atoms with Gasteiger partial charge in [0.1, 0.15) is 5.75 Å². The van der Waals surface area contributed by atoms with Gasteiger partial charge in [-0.15, -0.1) is 0 Å². The maximum atomic E-state index is 12.7. The van der Waals surface area contributed by atoms with Gasteiger partial charge in [-0.05, 0) is 48.7 Å². The lowest BCUT2D eigenvalue weighted by Crippen LogP contribution is -2.13. The van der Waals surface area contributed by atoms with Crippen LogP contribution >= 0.6 is 0 Å². The number of unbranched alkanes of at least 4 members (excludes halogenated alkanes) is 5. The molecule has 192 valence electrons. The molecule has 1 heterocycles. The van der Waals surface area contributed by atoms with Crippen molar-refractivity contribution in [1.29, 1.82) is 0 Å². The minimum atomic E-state index is -0.577. The number of carbonyl (C=O) groups is 1. The Labute approximate surface area is 215 Å². The van der Waals surface area contributed by atoms with Crippen LogP contribution in [-0.4, -0.2) is 29.2 Å². The van der Waals surface area contributed by atoms with Gasteiger partial charge in [-0.25, -0.2) is 9.78 Å². The van der Waals surface area contributed by atoms with Crippen LogP contribution in [0.4, 0.5) is 0 Å². The Hall–Kier alpha value is -3.41. The third-order valence-corrected chi connectivity index (χ3v) is 6.05. The molecule has 2 aromatic carbocycles. The van der Waals surface area contributed by atoms with Crippen LogP contribution in [0, 0.1) is 5.92 Å². The smallest absolute Gasteiger partial charge is 0.364 e. The van der Waals surface area contributed by atoms with Gasteiger partial charge < -0.3 is 14.2 Å². The quantitative estimate of drug-likeness (QED) is 0.125. The highest BCUT2D eigenvalue weighted by Crippen LogP contribution is 2.28. The molecule has 3 aromatic rings. The van der Waals surface area contributed by atoms with Gasteiger partial charge in [0, 0.05) is 5.56 Å². The number of ether oxygens (including phenoxy) is 3. The molecule has 0 fully saturated rings. The largest absolute Gasteiger partial charge is 0.494 e. The Morgan fingerprint density at radius 1 is 0.833 bits per heavy atom. The summed E-state index contributed by atoms with van der Waals surface area (Å²) in [5.74, 6) is 1.58. The number of rotatable bonds is 15. The zero-order chi connectivity index (χ0) is 25.6. The molecule has 0 N–H and O–H groups in total. The average molecular weight is 491 g/mol. The summed E-state index contributed by atoms with van der Waals surface area (Å²) in [5, 5.41) is 0. The van der Waals surface area contributed by atoms with E-state index in [1.807, 2.05) is 30.3 Å². The molecule has 36 heavy (non-hydrogen) atoms. The van der Waals surface area contributed by atoms with Crippen molar-refractivity contribution in [3.63, 3.8) is 0 Å². The van der Waals surface area contributed by atoms with Crippen LogP contribution in [0.5, 0.6) is 17.2 Å². The highest BCUT2D eigenvalue weighted by atomic mass is 16.6. The molecule has 0 amide bonds. The Morgan fingerprint density at radius 2 is 1.56 bits per heavy atom. The molecule has 0 bridgehead atoms. The van der Waals surface area contributed by atoms with Gasteiger partial charge in [0.05, 0.1) is 31.3 Å². The number of carbonyl (C=O) groups excluding carboxylic acids is 1. The summed E-state index contributed by atoms with van der Waals surface area (Å²) in [7, 11) is 0. The van der Waals surface area contributed by atoms with E-state index in [9.17, 15) is 4.79 Å². The van der Waals surface area contributed by atoms with E-state index in [1.54, 1.807) is 24.4 Å².